The van der Waals surface area contributed by atoms with Gasteiger partial charge in [-0.2, -0.15) is 0 Å². The Morgan fingerprint density at radius 2 is 1.71 bits per heavy atom. The van der Waals surface area contributed by atoms with Gasteiger partial charge in [0.15, 0.2) is 0 Å². The number of nitrogens with one attached hydrogen (secondary N) is 1. The standard InChI is InChI=1S/C20H24FN3O3S/c1-3-22-28(26,27)18-9-4-15(2)19(14-18)20(25)24-12-10-23(11-13-24)17-7-5-16(21)6-8-17/h4-9,14,22H,3,10-13H2,1-2H3. The number of amides is 1. The van der Waals surface area contributed by atoms with Crippen molar-refractivity contribution in [2.75, 3.05) is 37.6 Å². The van der Waals surface area contributed by atoms with Gasteiger partial charge >= 0.3 is 0 Å². The summed E-state index contributed by atoms with van der Waals surface area (Å²) >= 11 is 0. The van der Waals surface area contributed by atoms with Crippen molar-refractivity contribution in [3.05, 3.63) is 59.4 Å². The second-order valence-corrected chi connectivity index (χ2v) is 8.50. The molecule has 0 aliphatic carbocycles. The molecular weight excluding hydrogens is 381 g/mol. The lowest BCUT2D eigenvalue weighted by Crippen LogP contribution is -2.49. The van der Waals surface area contributed by atoms with Gasteiger partial charge in [0, 0.05) is 44.0 Å². The molecule has 0 aromatic heterocycles. The maximum absolute atomic E-state index is 13.1. The molecule has 1 amide bonds. The normalized spacial score (nSPS) is 15.0. The van der Waals surface area contributed by atoms with E-state index in [1.807, 2.05) is 0 Å². The Morgan fingerprint density at radius 1 is 1.07 bits per heavy atom. The lowest BCUT2D eigenvalue weighted by atomic mass is 10.1. The van der Waals surface area contributed by atoms with Crippen LogP contribution in [-0.4, -0.2) is 51.9 Å². The summed E-state index contributed by atoms with van der Waals surface area (Å²) in [4.78, 5) is 16.9. The number of sulfonamides is 1. The second kappa shape index (κ2) is 8.28. The monoisotopic (exact) mass is 405 g/mol. The smallest absolute Gasteiger partial charge is 0.254 e. The molecule has 0 atom stereocenters. The summed E-state index contributed by atoms with van der Waals surface area (Å²) in [5.41, 5.74) is 2.05. The van der Waals surface area contributed by atoms with Crippen molar-refractivity contribution >= 4 is 21.6 Å². The SMILES string of the molecule is CCNS(=O)(=O)c1ccc(C)c(C(=O)N2CCN(c3ccc(F)cc3)CC2)c1. The van der Waals surface area contributed by atoms with Gasteiger partial charge in [0.25, 0.3) is 5.91 Å². The van der Waals surface area contributed by atoms with Gasteiger partial charge < -0.3 is 9.80 Å². The Labute approximate surface area is 165 Å². The molecule has 1 saturated heterocycles. The van der Waals surface area contributed by atoms with E-state index >= 15 is 0 Å². The minimum Gasteiger partial charge on any atom is -0.368 e. The number of nitrogens with zero attached hydrogens (tertiary/aromatic N) is 2. The average molecular weight is 405 g/mol. The molecule has 1 aliphatic heterocycles. The molecule has 0 radical (unpaired) electrons. The number of hydrogen-bond donors (Lipinski definition) is 1. The quantitative estimate of drug-likeness (QED) is 0.829. The summed E-state index contributed by atoms with van der Waals surface area (Å²) in [5.74, 6) is -0.453. The topological polar surface area (TPSA) is 69.7 Å². The summed E-state index contributed by atoms with van der Waals surface area (Å²) in [7, 11) is -3.62. The highest BCUT2D eigenvalue weighted by Gasteiger charge is 2.25. The van der Waals surface area contributed by atoms with Crippen LogP contribution in [0.1, 0.15) is 22.8 Å². The van der Waals surface area contributed by atoms with E-state index in [0.29, 0.717) is 31.7 Å². The van der Waals surface area contributed by atoms with Gasteiger partial charge in [-0.15, -0.1) is 0 Å². The zero-order valence-corrected chi connectivity index (χ0v) is 16.8. The van der Waals surface area contributed by atoms with Crippen molar-refractivity contribution < 1.29 is 17.6 Å². The Hall–Kier alpha value is -2.45. The predicted molar refractivity (Wildman–Crippen MR) is 107 cm³/mol. The number of benzene rings is 2. The fraction of sp³-hybridized carbons (Fsp3) is 0.350. The summed E-state index contributed by atoms with van der Waals surface area (Å²) in [5, 5.41) is 0. The summed E-state index contributed by atoms with van der Waals surface area (Å²) in [6.45, 7) is 6.08. The predicted octanol–water partition coefficient (Wildman–Crippen LogP) is 2.39. The third-order valence-corrected chi connectivity index (χ3v) is 6.39. The van der Waals surface area contributed by atoms with E-state index in [9.17, 15) is 17.6 Å². The Bertz CT molecular complexity index is 953. The van der Waals surface area contributed by atoms with Crippen molar-refractivity contribution in [3.63, 3.8) is 0 Å². The summed E-state index contributed by atoms with van der Waals surface area (Å²) in [6, 6.07) is 10.9. The number of anilines is 1. The molecule has 6 nitrogen and oxygen atoms in total. The largest absolute Gasteiger partial charge is 0.368 e. The van der Waals surface area contributed by atoms with E-state index in [1.54, 1.807) is 36.9 Å². The molecule has 2 aromatic rings. The highest BCUT2D eigenvalue weighted by atomic mass is 32.2. The van der Waals surface area contributed by atoms with Gasteiger partial charge in [-0.25, -0.2) is 17.5 Å². The van der Waals surface area contributed by atoms with Gasteiger partial charge in [-0.05, 0) is 48.9 Å². The Balaban J connectivity index is 1.74. The van der Waals surface area contributed by atoms with Gasteiger partial charge in [-0.3, -0.25) is 4.79 Å². The minimum absolute atomic E-state index is 0.0910. The summed E-state index contributed by atoms with van der Waals surface area (Å²) < 4.78 is 40.0. The van der Waals surface area contributed by atoms with E-state index in [0.717, 1.165) is 11.3 Å². The zero-order valence-electron chi connectivity index (χ0n) is 16.0. The van der Waals surface area contributed by atoms with Gasteiger partial charge in [-0.1, -0.05) is 13.0 Å². The van der Waals surface area contributed by atoms with E-state index in [-0.39, 0.29) is 23.2 Å². The van der Waals surface area contributed by atoms with Gasteiger partial charge in [0.1, 0.15) is 5.82 Å². The molecule has 1 aliphatic rings. The number of rotatable bonds is 5. The number of piperazine rings is 1. The van der Waals surface area contributed by atoms with Crippen LogP contribution < -0.4 is 9.62 Å². The highest BCUT2D eigenvalue weighted by molar-refractivity contribution is 7.89. The van der Waals surface area contributed by atoms with Crippen LogP contribution in [-0.2, 0) is 10.0 Å². The molecule has 0 spiro atoms. The van der Waals surface area contributed by atoms with Crippen LogP contribution in [0.5, 0.6) is 0 Å². The number of aryl methyl sites for hydroxylation is 1. The fourth-order valence-electron chi connectivity index (χ4n) is 3.26. The average Bonchev–Trinajstić information content (AvgIpc) is 2.68. The molecule has 0 unspecified atom stereocenters. The van der Waals surface area contributed by atoms with E-state index in [4.69, 9.17) is 0 Å². The zero-order chi connectivity index (χ0) is 20.3. The van der Waals surface area contributed by atoms with Crippen LogP contribution in [0.25, 0.3) is 0 Å². The van der Waals surface area contributed by atoms with Crippen LogP contribution >= 0.6 is 0 Å². The fourth-order valence-corrected chi connectivity index (χ4v) is 4.33. The first-order valence-corrected chi connectivity index (χ1v) is 10.7. The molecule has 1 fully saturated rings. The molecular formula is C20H24FN3O3S. The molecule has 28 heavy (non-hydrogen) atoms. The maximum atomic E-state index is 13.1. The van der Waals surface area contributed by atoms with Crippen molar-refractivity contribution in [2.45, 2.75) is 18.7 Å². The molecule has 150 valence electrons. The van der Waals surface area contributed by atoms with Crippen LogP contribution in [0.3, 0.4) is 0 Å². The molecule has 3 rings (SSSR count). The second-order valence-electron chi connectivity index (χ2n) is 6.73. The van der Waals surface area contributed by atoms with Gasteiger partial charge in [0.2, 0.25) is 10.0 Å². The summed E-state index contributed by atoms with van der Waals surface area (Å²) in [6.07, 6.45) is 0. The first-order chi connectivity index (χ1) is 13.3. The van der Waals surface area contributed by atoms with Crippen molar-refractivity contribution in [3.8, 4) is 0 Å². The molecule has 0 bridgehead atoms. The van der Waals surface area contributed by atoms with E-state index < -0.39 is 10.0 Å². The first-order valence-electron chi connectivity index (χ1n) is 9.22. The molecule has 2 aromatic carbocycles. The third-order valence-electron chi connectivity index (χ3n) is 4.84. The van der Waals surface area contributed by atoms with Crippen LogP contribution in [0.2, 0.25) is 0 Å². The molecule has 1 N–H and O–H groups in total. The molecule has 0 saturated carbocycles. The number of hydrogen-bond acceptors (Lipinski definition) is 4. The van der Waals surface area contributed by atoms with Gasteiger partial charge in [0.05, 0.1) is 4.90 Å². The van der Waals surface area contributed by atoms with Crippen LogP contribution in [0.15, 0.2) is 47.4 Å². The lowest BCUT2D eigenvalue weighted by Gasteiger charge is -2.36. The van der Waals surface area contributed by atoms with E-state index in [1.165, 1.54) is 24.3 Å². The van der Waals surface area contributed by atoms with Crippen molar-refractivity contribution in [1.82, 2.24) is 9.62 Å². The van der Waals surface area contributed by atoms with E-state index in [2.05, 4.69) is 9.62 Å². The van der Waals surface area contributed by atoms with Crippen LogP contribution in [0, 0.1) is 12.7 Å². The number of carbonyl (C=O) groups is 1. The minimum atomic E-state index is -3.62. The Morgan fingerprint density at radius 3 is 2.32 bits per heavy atom. The highest BCUT2D eigenvalue weighted by Crippen LogP contribution is 2.21. The lowest BCUT2D eigenvalue weighted by molar-refractivity contribution is 0.0746. The third kappa shape index (κ3) is 4.34. The van der Waals surface area contributed by atoms with Crippen molar-refractivity contribution in [2.24, 2.45) is 0 Å². The number of halogens is 1. The van der Waals surface area contributed by atoms with Crippen molar-refractivity contribution in [1.29, 1.82) is 0 Å². The number of carbonyl (C=O) groups excluding carboxylic acids is 1. The molecule has 1 heterocycles. The molecule has 8 heteroatoms. The first kappa shape index (κ1) is 20.3. The maximum Gasteiger partial charge on any atom is 0.254 e. The van der Waals surface area contributed by atoms with Crippen LogP contribution in [0.4, 0.5) is 10.1 Å². The Kier molecular flexibility index (Phi) is 6.00.